The predicted molar refractivity (Wildman–Crippen MR) is 77.9 cm³/mol. The molecule has 0 saturated carbocycles. The van der Waals surface area contributed by atoms with E-state index in [2.05, 4.69) is 6.58 Å². The van der Waals surface area contributed by atoms with E-state index in [1.807, 2.05) is 6.92 Å². The fourth-order valence-corrected chi connectivity index (χ4v) is 1.31. The molecule has 0 aromatic carbocycles. The van der Waals surface area contributed by atoms with Gasteiger partial charge in [0.1, 0.15) is 13.2 Å². The van der Waals surface area contributed by atoms with Gasteiger partial charge in [0.05, 0.1) is 12.7 Å². The van der Waals surface area contributed by atoms with Crippen molar-refractivity contribution in [2.75, 3.05) is 26.9 Å². The number of methoxy groups -OCH3 is 1. The third-order valence-electron chi connectivity index (χ3n) is 2.81. The van der Waals surface area contributed by atoms with E-state index < -0.39 is 17.5 Å². The van der Waals surface area contributed by atoms with E-state index in [0.717, 1.165) is 6.42 Å². The van der Waals surface area contributed by atoms with Crippen molar-refractivity contribution in [3.05, 3.63) is 12.2 Å². The molecule has 0 spiro atoms. The van der Waals surface area contributed by atoms with E-state index in [4.69, 9.17) is 18.9 Å². The molecule has 0 aromatic rings. The smallest absolute Gasteiger partial charge is 0.337 e. The summed E-state index contributed by atoms with van der Waals surface area (Å²) < 4.78 is 20.6. The van der Waals surface area contributed by atoms with Gasteiger partial charge in [-0.15, -0.1) is 0 Å². The molecule has 0 amide bonds. The molecule has 0 bridgehead atoms. The molecule has 1 unspecified atom stereocenters. The van der Waals surface area contributed by atoms with Gasteiger partial charge in [0.15, 0.2) is 5.60 Å². The van der Waals surface area contributed by atoms with Crippen LogP contribution in [0.3, 0.4) is 0 Å². The Bertz CT molecular complexity index is 357. The van der Waals surface area contributed by atoms with Gasteiger partial charge in [0.25, 0.3) is 0 Å². The van der Waals surface area contributed by atoms with Gasteiger partial charge in [0.2, 0.25) is 0 Å². The van der Waals surface area contributed by atoms with E-state index in [1.165, 1.54) is 0 Å². The van der Waals surface area contributed by atoms with E-state index in [0.29, 0.717) is 5.57 Å². The molecular formula is C15H26O6. The van der Waals surface area contributed by atoms with E-state index in [9.17, 15) is 9.59 Å². The van der Waals surface area contributed by atoms with Crippen molar-refractivity contribution in [2.45, 2.75) is 45.8 Å². The third-order valence-corrected chi connectivity index (χ3v) is 2.81. The number of hydrogen-bond donors (Lipinski definition) is 0. The standard InChI is InChI=1S/C15H26O6/c1-7-12(18-6)10-20-14(17)15(4,5)21-9-8-19-13(16)11(2)3/h12H,2,7-10H2,1,3-6H3. The highest BCUT2D eigenvalue weighted by Gasteiger charge is 2.31. The zero-order valence-corrected chi connectivity index (χ0v) is 13.6. The summed E-state index contributed by atoms with van der Waals surface area (Å²) in [6, 6.07) is 0. The molecule has 6 nitrogen and oxygen atoms in total. The van der Waals surface area contributed by atoms with Crippen molar-refractivity contribution < 1.29 is 28.5 Å². The summed E-state index contributed by atoms with van der Waals surface area (Å²) in [6.45, 7) is 10.5. The lowest BCUT2D eigenvalue weighted by molar-refractivity contribution is -0.173. The summed E-state index contributed by atoms with van der Waals surface area (Å²) in [5, 5.41) is 0. The predicted octanol–water partition coefficient (Wildman–Crippen LogP) is 1.87. The number of carbonyl (C=O) groups excluding carboxylic acids is 2. The first-order valence-electron chi connectivity index (χ1n) is 6.91. The third kappa shape index (κ3) is 7.82. The SMILES string of the molecule is C=C(C)C(=O)OCCOC(C)(C)C(=O)OCC(CC)OC. The van der Waals surface area contributed by atoms with E-state index >= 15 is 0 Å². The van der Waals surface area contributed by atoms with Gasteiger partial charge in [-0.05, 0) is 27.2 Å². The Balaban J connectivity index is 4.08. The summed E-state index contributed by atoms with van der Waals surface area (Å²) >= 11 is 0. The van der Waals surface area contributed by atoms with Gasteiger partial charge in [0, 0.05) is 12.7 Å². The molecule has 0 aromatic heterocycles. The normalized spacial score (nSPS) is 12.6. The molecule has 1 atom stereocenters. The van der Waals surface area contributed by atoms with Gasteiger partial charge >= 0.3 is 11.9 Å². The van der Waals surface area contributed by atoms with Gasteiger partial charge in [-0.1, -0.05) is 13.5 Å². The van der Waals surface area contributed by atoms with Gasteiger partial charge < -0.3 is 18.9 Å². The average Bonchev–Trinajstić information content (AvgIpc) is 2.43. The Hall–Kier alpha value is -1.40. The van der Waals surface area contributed by atoms with Crippen molar-refractivity contribution in [1.82, 2.24) is 0 Å². The summed E-state index contributed by atoms with van der Waals surface area (Å²) in [4.78, 5) is 23.1. The average molecular weight is 302 g/mol. The Morgan fingerprint density at radius 1 is 1.19 bits per heavy atom. The maximum Gasteiger partial charge on any atom is 0.337 e. The molecule has 0 radical (unpaired) electrons. The summed E-state index contributed by atoms with van der Waals surface area (Å²) in [7, 11) is 1.57. The van der Waals surface area contributed by atoms with Crippen LogP contribution in [-0.4, -0.2) is 50.6 Å². The van der Waals surface area contributed by atoms with Gasteiger partial charge in [-0.2, -0.15) is 0 Å². The van der Waals surface area contributed by atoms with Crippen LogP contribution in [0.5, 0.6) is 0 Å². The van der Waals surface area contributed by atoms with Crippen molar-refractivity contribution in [1.29, 1.82) is 0 Å². The maximum atomic E-state index is 11.9. The van der Waals surface area contributed by atoms with Crippen LogP contribution in [0.2, 0.25) is 0 Å². The molecule has 0 N–H and O–H groups in total. The lowest BCUT2D eigenvalue weighted by atomic mass is 10.1. The first kappa shape index (κ1) is 19.6. The Morgan fingerprint density at radius 3 is 2.29 bits per heavy atom. The Labute approximate surface area is 126 Å². The first-order chi connectivity index (χ1) is 9.74. The fraction of sp³-hybridized carbons (Fsp3) is 0.733. The number of ether oxygens (including phenoxy) is 4. The zero-order chi connectivity index (χ0) is 16.5. The number of carbonyl (C=O) groups is 2. The quantitative estimate of drug-likeness (QED) is 0.348. The highest BCUT2D eigenvalue weighted by atomic mass is 16.6. The second kappa shape index (κ2) is 9.52. The van der Waals surface area contributed by atoms with E-state index in [-0.39, 0.29) is 25.9 Å². The van der Waals surface area contributed by atoms with Crippen molar-refractivity contribution >= 4 is 11.9 Å². The molecule has 0 rings (SSSR count). The molecule has 122 valence electrons. The number of esters is 2. The van der Waals surface area contributed by atoms with Gasteiger partial charge in [-0.25, -0.2) is 9.59 Å². The van der Waals surface area contributed by atoms with Crippen LogP contribution in [-0.2, 0) is 28.5 Å². The highest BCUT2D eigenvalue weighted by Crippen LogP contribution is 2.12. The minimum Gasteiger partial charge on any atom is -0.461 e. The van der Waals surface area contributed by atoms with Crippen molar-refractivity contribution in [2.24, 2.45) is 0 Å². The molecule has 0 aliphatic carbocycles. The topological polar surface area (TPSA) is 71.1 Å². The van der Waals surface area contributed by atoms with Crippen molar-refractivity contribution in [3.63, 3.8) is 0 Å². The molecule has 0 fully saturated rings. The molecule has 6 heteroatoms. The minimum atomic E-state index is -1.11. The summed E-state index contributed by atoms with van der Waals surface area (Å²) in [6.07, 6.45) is 0.628. The maximum absolute atomic E-state index is 11.9. The first-order valence-corrected chi connectivity index (χ1v) is 6.91. The molecule has 21 heavy (non-hydrogen) atoms. The van der Waals surface area contributed by atoms with Crippen LogP contribution in [0, 0.1) is 0 Å². The summed E-state index contributed by atoms with van der Waals surface area (Å²) in [5.74, 6) is -0.964. The molecular weight excluding hydrogens is 276 g/mol. The lowest BCUT2D eigenvalue weighted by Crippen LogP contribution is -2.39. The Morgan fingerprint density at radius 2 is 1.81 bits per heavy atom. The minimum absolute atomic E-state index is 0.0536. The van der Waals surface area contributed by atoms with Crippen LogP contribution in [0.4, 0.5) is 0 Å². The Kier molecular flexibility index (Phi) is 8.89. The van der Waals surface area contributed by atoms with E-state index in [1.54, 1.807) is 27.9 Å². The van der Waals surface area contributed by atoms with Crippen LogP contribution >= 0.6 is 0 Å². The molecule has 0 aliphatic heterocycles. The van der Waals surface area contributed by atoms with Crippen molar-refractivity contribution in [3.8, 4) is 0 Å². The number of hydrogen-bond acceptors (Lipinski definition) is 6. The number of rotatable bonds is 10. The molecule has 0 aliphatic rings. The molecule has 0 heterocycles. The summed E-state index contributed by atoms with van der Waals surface area (Å²) in [5.41, 5.74) is -0.791. The van der Waals surface area contributed by atoms with Crippen LogP contribution in [0.1, 0.15) is 34.1 Å². The highest BCUT2D eigenvalue weighted by molar-refractivity contribution is 5.86. The van der Waals surface area contributed by atoms with Gasteiger partial charge in [-0.3, -0.25) is 0 Å². The fourth-order valence-electron chi connectivity index (χ4n) is 1.31. The van der Waals surface area contributed by atoms with Crippen LogP contribution in [0.15, 0.2) is 12.2 Å². The van der Waals surface area contributed by atoms with Crippen LogP contribution in [0.25, 0.3) is 0 Å². The second-order valence-electron chi connectivity index (χ2n) is 5.14. The zero-order valence-electron chi connectivity index (χ0n) is 13.6. The monoisotopic (exact) mass is 302 g/mol. The lowest BCUT2D eigenvalue weighted by Gasteiger charge is -2.24. The van der Waals surface area contributed by atoms with Crippen LogP contribution < -0.4 is 0 Å². The molecule has 0 saturated heterocycles. The second-order valence-corrected chi connectivity index (χ2v) is 5.14. The largest absolute Gasteiger partial charge is 0.461 e.